The van der Waals surface area contributed by atoms with E-state index >= 15 is 0 Å². The molecule has 3 N–H and O–H groups in total. The maximum atomic E-state index is 14.7. The number of oxime groups is 1. The Morgan fingerprint density at radius 3 is 2.13 bits per heavy atom. The van der Waals surface area contributed by atoms with Crippen molar-refractivity contribution in [3.05, 3.63) is 160 Å². The standard InChI is InChI=1S/C51H50N10O11S3/c1-50(2,3)72-49(67)53-35-25-17-16-24-34(35)51(45(65)68-5,32-22-14-9-15-23-32)29-70-48(66)55-46-52-36(28-73-46)39(57-69-6)42(63)54-43-33(27-74-47-56-58-59-60(47)4)40(61-37(62)26-38(61)75-43)44(64)71-41(30-18-10-7-11-19-30)31-20-12-8-13-21-31/h7-25,28,38,41,43H,26-27,29H2,1-6H3,(H,53,67)(H,54,63)(H,52,55,66)/t38-,43?,51?/m0/s1. The Labute approximate surface area is 442 Å². The Morgan fingerprint density at radius 2 is 1.52 bits per heavy atom. The van der Waals surface area contributed by atoms with Gasteiger partial charge < -0.3 is 29.1 Å². The summed E-state index contributed by atoms with van der Waals surface area (Å²) in [5, 5.41) is 24.3. The summed E-state index contributed by atoms with van der Waals surface area (Å²) in [5.74, 6) is -2.64. The van der Waals surface area contributed by atoms with Gasteiger partial charge in [0.05, 0.1) is 18.9 Å². The summed E-state index contributed by atoms with van der Waals surface area (Å²) in [6.07, 6.45) is -2.58. The Bertz CT molecular complexity index is 3090. The van der Waals surface area contributed by atoms with Crippen LogP contribution in [0.5, 0.6) is 0 Å². The van der Waals surface area contributed by atoms with Gasteiger partial charge in [0, 0.05) is 35.0 Å². The molecule has 2 aliphatic rings. The van der Waals surface area contributed by atoms with Crippen molar-refractivity contribution < 1.29 is 52.6 Å². The third kappa shape index (κ3) is 12.1. The number of aromatic nitrogens is 5. The van der Waals surface area contributed by atoms with Crippen molar-refractivity contribution in [2.24, 2.45) is 12.2 Å². The lowest BCUT2D eigenvalue weighted by Gasteiger charge is -2.47. The van der Waals surface area contributed by atoms with Crippen LogP contribution >= 0.6 is 34.9 Å². The monoisotopic (exact) mass is 1070 g/mol. The summed E-state index contributed by atoms with van der Waals surface area (Å²) in [6.45, 7) is 4.52. The largest absolute Gasteiger partial charge is 0.468 e. The molecule has 6 aromatic rings. The number of methoxy groups -OCH3 is 1. The van der Waals surface area contributed by atoms with Crippen molar-refractivity contribution in [1.29, 1.82) is 0 Å². The second-order valence-corrected chi connectivity index (χ2v) is 20.7. The van der Waals surface area contributed by atoms with Gasteiger partial charge in [-0.05, 0) is 54.0 Å². The van der Waals surface area contributed by atoms with E-state index < -0.39 is 64.5 Å². The minimum atomic E-state index is -1.82. The molecule has 8 rings (SSSR count). The van der Waals surface area contributed by atoms with Crippen LogP contribution in [-0.2, 0) is 55.4 Å². The van der Waals surface area contributed by atoms with E-state index in [0.717, 1.165) is 11.3 Å². The molecular weight excluding hydrogens is 1020 g/mol. The van der Waals surface area contributed by atoms with Gasteiger partial charge in [-0.3, -0.25) is 29.9 Å². The topological polar surface area (TPSA) is 257 Å². The number of thioether (sulfide) groups is 2. The smallest absolute Gasteiger partial charge is 0.413 e. The van der Waals surface area contributed by atoms with E-state index in [0.29, 0.717) is 27.4 Å². The van der Waals surface area contributed by atoms with Crippen molar-refractivity contribution in [3.8, 4) is 0 Å². The van der Waals surface area contributed by atoms with Gasteiger partial charge in [-0.15, -0.1) is 28.2 Å². The highest BCUT2D eigenvalue weighted by molar-refractivity contribution is 8.01. The minimum absolute atomic E-state index is 0.00972. The Morgan fingerprint density at radius 1 is 0.867 bits per heavy atom. The lowest BCUT2D eigenvalue weighted by molar-refractivity contribution is -0.152. The fourth-order valence-corrected chi connectivity index (χ4v) is 11.2. The fraction of sp³-hybridized carbons (Fsp3) is 0.275. The van der Waals surface area contributed by atoms with Crippen molar-refractivity contribution >= 4 is 87.3 Å². The highest BCUT2D eigenvalue weighted by Crippen LogP contribution is 2.46. The van der Waals surface area contributed by atoms with Gasteiger partial charge >= 0.3 is 24.1 Å². The normalized spacial score (nSPS) is 16.2. The van der Waals surface area contributed by atoms with E-state index in [1.54, 1.807) is 82.4 Å². The van der Waals surface area contributed by atoms with Gasteiger partial charge in [0.2, 0.25) is 11.1 Å². The number of hydrogen-bond acceptors (Lipinski definition) is 19. The SMILES string of the molecule is CON=C(C(=O)NC1S[C@H]2CC(=O)N2C(C(=O)OC(c2ccccc2)c2ccccc2)=C1CSc1nnnn1C)c1csc(NC(=O)OCC(C(=O)OC)(c2ccccc2)c2ccccc2NC(=O)OC(C)(C)C)n1. The molecular formula is C51H50N10O11S3. The van der Waals surface area contributed by atoms with E-state index in [2.05, 4.69) is 41.6 Å². The first-order chi connectivity index (χ1) is 36.1. The molecule has 0 saturated carbocycles. The number of ether oxygens (including phenoxy) is 4. The molecule has 2 aliphatic heterocycles. The van der Waals surface area contributed by atoms with Crippen LogP contribution in [0.15, 0.2) is 142 Å². The number of rotatable bonds is 18. The molecule has 0 spiro atoms. The molecule has 21 nitrogen and oxygen atoms in total. The molecule has 75 heavy (non-hydrogen) atoms. The summed E-state index contributed by atoms with van der Waals surface area (Å²) in [6, 6.07) is 33.4. The lowest BCUT2D eigenvalue weighted by Crippen LogP contribution is -2.58. The zero-order valence-electron chi connectivity index (χ0n) is 41.2. The summed E-state index contributed by atoms with van der Waals surface area (Å²) >= 11 is 3.36. The van der Waals surface area contributed by atoms with Gasteiger partial charge in [-0.25, -0.2) is 24.0 Å². The van der Waals surface area contributed by atoms with Gasteiger partial charge in [0.25, 0.3) is 5.91 Å². The predicted octanol–water partition coefficient (Wildman–Crippen LogP) is 7.20. The highest BCUT2D eigenvalue weighted by atomic mass is 32.2. The van der Waals surface area contributed by atoms with E-state index in [9.17, 15) is 28.8 Å². The van der Waals surface area contributed by atoms with E-state index in [-0.39, 0.29) is 51.6 Å². The number of esters is 2. The third-order valence-electron chi connectivity index (χ3n) is 11.5. The number of carbonyl (C=O) groups is 6. The lowest BCUT2D eigenvalue weighted by atomic mass is 9.74. The van der Waals surface area contributed by atoms with Crippen LogP contribution in [0, 0.1) is 0 Å². The maximum absolute atomic E-state index is 14.7. The van der Waals surface area contributed by atoms with Gasteiger partial charge in [0.15, 0.2) is 22.4 Å². The minimum Gasteiger partial charge on any atom is -0.468 e. The number of fused-ring (bicyclic) bond motifs is 1. The molecule has 0 aliphatic carbocycles. The van der Waals surface area contributed by atoms with E-state index in [4.69, 9.17) is 23.8 Å². The first-order valence-corrected chi connectivity index (χ1v) is 25.8. The average molecular weight is 1080 g/mol. The molecule has 0 bridgehead atoms. The molecule has 4 heterocycles. The van der Waals surface area contributed by atoms with Crippen LogP contribution in [0.25, 0.3) is 0 Å². The van der Waals surface area contributed by atoms with Crippen LogP contribution in [0.2, 0.25) is 0 Å². The van der Waals surface area contributed by atoms with Crippen LogP contribution in [0.1, 0.15) is 61.2 Å². The van der Waals surface area contributed by atoms with Crippen molar-refractivity contribution in [3.63, 3.8) is 0 Å². The zero-order valence-corrected chi connectivity index (χ0v) is 43.7. The maximum Gasteiger partial charge on any atom is 0.413 e. The number of β-lactam (4-membered cyclic amide) rings is 1. The number of thiazole rings is 1. The van der Waals surface area contributed by atoms with Crippen molar-refractivity contribution in [1.82, 2.24) is 35.4 Å². The van der Waals surface area contributed by atoms with E-state index in [1.807, 2.05) is 60.7 Å². The number of para-hydroxylation sites is 1. The number of tetrazole rings is 1. The number of benzene rings is 4. The van der Waals surface area contributed by atoms with Crippen molar-refractivity contribution in [2.75, 3.05) is 37.2 Å². The van der Waals surface area contributed by atoms with E-state index in [1.165, 1.54) is 52.7 Å². The molecule has 1 saturated heterocycles. The van der Waals surface area contributed by atoms with Gasteiger partial charge in [0.1, 0.15) is 36.1 Å². The number of nitrogens with zero attached hydrogens (tertiary/aromatic N) is 7. The summed E-state index contributed by atoms with van der Waals surface area (Å²) in [4.78, 5) is 94.4. The molecule has 2 aromatic heterocycles. The molecule has 3 atom stereocenters. The number of amides is 4. The van der Waals surface area contributed by atoms with Crippen LogP contribution in [-0.4, -0.2) is 115 Å². The number of anilines is 2. The number of aryl methyl sites for hydroxylation is 1. The highest BCUT2D eigenvalue weighted by Gasteiger charge is 2.50. The quantitative estimate of drug-likeness (QED) is 0.0192. The molecule has 2 unspecified atom stereocenters. The molecule has 0 radical (unpaired) electrons. The van der Waals surface area contributed by atoms with Gasteiger partial charge in [-0.2, -0.15) is 0 Å². The zero-order chi connectivity index (χ0) is 53.3. The average Bonchev–Trinajstić information content (AvgIpc) is 4.04. The predicted molar refractivity (Wildman–Crippen MR) is 278 cm³/mol. The summed E-state index contributed by atoms with van der Waals surface area (Å²) < 4.78 is 24.4. The molecule has 1 fully saturated rings. The molecule has 388 valence electrons. The first-order valence-electron chi connectivity index (χ1n) is 23.0. The second-order valence-electron chi connectivity index (χ2n) is 17.6. The number of hydrogen-bond donors (Lipinski definition) is 3. The molecule has 4 amide bonds. The second kappa shape index (κ2) is 23.4. The van der Waals surface area contributed by atoms with Crippen LogP contribution < -0.4 is 16.0 Å². The van der Waals surface area contributed by atoms with Gasteiger partial charge in [-0.1, -0.05) is 126 Å². The summed E-state index contributed by atoms with van der Waals surface area (Å²) in [5.41, 5.74) is -0.442. The Hall–Kier alpha value is -8.09. The Balaban J connectivity index is 1.05. The summed E-state index contributed by atoms with van der Waals surface area (Å²) in [7, 11) is 4.09. The Kier molecular flexibility index (Phi) is 16.6. The number of nitrogens with one attached hydrogen (secondary N) is 3. The third-order valence-corrected chi connectivity index (χ3v) is 14.7. The number of carbonyl (C=O) groups excluding carboxylic acids is 6. The van der Waals surface area contributed by atoms with Crippen LogP contribution in [0.4, 0.5) is 20.4 Å². The molecule has 24 heteroatoms. The van der Waals surface area contributed by atoms with Crippen LogP contribution in [0.3, 0.4) is 0 Å². The van der Waals surface area contributed by atoms with Crippen molar-refractivity contribution in [2.45, 2.75) is 60.2 Å². The first kappa shape index (κ1) is 53.2. The molecule has 4 aromatic carbocycles. The fourth-order valence-electron chi connectivity index (χ4n) is 8.11.